The number of rotatable bonds is 3. The summed E-state index contributed by atoms with van der Waals surface area (Å²) < 4.78 is 0. The second kappa shape index (κ2) is 6.91. The van der Waals surface area contributed by atoms with Crippen LogP contribution in [0, 0.1) is 5.41 Å². The Balaban J connectivity index is 1.62. The summed E-state index contributed by atoms with van der Waals surface area (Å²) in [6.07, 6.45) is 6.18. The maximum absolute atomic E-state index is 12.7. The predicted octanol–water partition coefficient (Wildman–Crippen LogP) is 2.51. The molecule has 2 aliphatic rings. The van der Waals surface area contributed by atoms with Gasteiger partial charge in [0, 0.05) is 44.5 Å². The Kier molecular flexibility index (Phi) is 4.88. The van der Waals surface area contributed by atoms with Crippen molar-refractivity contribution in [1.82, 2.24) is 14.8 Å². The fourth-order valence-corrected chi connectivity index (χ4v) is 3.93. The highest BCUT2D eigenvalue weighted by atomic mass is 16.2. The number of hydrogen-bond donors (Lipinski definition) is 0. The lowest BCUT2D eigenvalue weighted by molar-refractivity contribution is -0.138. The third-order valence-corrected chi connectivity index (χ3v) is 5.68. The average Bonchev–Trinajstić information content (AvgIpc) is 2.64. The summed E-state index contributed by atoms with van der Waals surface area (Å²) in [6.45, 7) is 7.31. The smallest absolute Gasteiger partial charge is 0.255 e. The molecule has 1 aromatic rings. The highest BCUT2D eigenvalue weighted by molar-refractivity contribution is 5.94. The van der Waals surface area contributed by atoms with Crippen molar-refractivity contribution in [3.8, 4) is 0 Å². The third-order valence-electron chi connectivity index (χ3n) is 5.68. The van der Waals surface area contributed by atoms with Gasteiger partial charge in [-0.2, -0.15) is 0 Å². The number of aryl methyl sites for hydroxylation is 1. The Hall–Kier alpha value is -1.91. The molecule has 5 heteroatoms. The molecule has 0 radical (unpaired) electrons. The summed E-state index contributed by atoms with van der Waals surface area (Å²) in [5.74, 6) is 0.364. The van der Waals surface area contributed by atoms with E-state index in [2.05, 4.69) is 11.9 Å². The van der Waals surface area contributed by atoms with Crippen LogP contribution in [0.1, 0.15) is 55.6 Å². The first-order valence-electron chi connectivity index (χ1n) is 9.09. The topological polar surface area (TPSA) is 53.5 Å². The second-order valence-corrected chi connectivity index (χ2v) is 7.09. The van der Waals surface area contributed by atoms with Crippen molar-refractivity contribution < 1.29 is 9.59 Å². The van der Waals surface area contributed by atoms with Crippen LogP contribution in [0.2, 0.25) is 0 Å². The van der Waals surface area contributed by atoms with Crippen LogP contribution in [0.15, 0.2) is 18.3 Å². The Bertz CT molecular complexity index is 604. The largest absolute Gasteiger partial charge is 0.342 e. The third kappa shape index (κ3) is 3.30. The van der Waals surface area contributed by atoms with Crippen molar-refractivity contribution in [2.45, 2.75) is 46.0 Å². The lowest BCUT2D eigenvalue weighted by Gasteiger charge is -2.47. The standard InChI is InChI=1S/C19H27N3O2/c1-3-16-6-5-15(13-20-16)18(24)22-11-9-19(10-12-22)8-7-17(23)21(4-2)14-19/h5-6,13H,3-4,7-12,14H2,1-2H3. The van der Waals surface area contributed by atoms with Gasteiger partial charge in [-0.25, -0.2) is 0 Å². The SMILES string of the molecule is CCc1ccc(C(=O)N2CCC3(CCC(=O)N(CC)C3)CC2)cn1. The van der Waals surface area contributed by atoms with E-state index < -0.39 is 0 Å². The molecule has 130 valence electrons. The summed E-state index contributed by atoms with van der Waals surface area (Å²) in [7, 11) is 0. The van der Waals surface area contributed by atoms with E-state index in [1.807, 2.05) is 28.9 Å². The van der Waals surface area contributed by atoms with Crippen molar-refractivity contribution in [3.05, 3.63) is 29.6 Å². The van der Waals surface area contributed by atoms with Crippen LogP contribution in [-0.2, 0) is 11.2 Å². The van der Waals surface area contributed by atoms with Gasteiger partial charge >= 0.3 is 0 Å². The Labute approximate surface area is 144 Å². The van der Waals surface area contributed by atoms with E-state index in [1.165, 1.54) is 0 Å². The maximum Gasteiger partial charge on any atom is 0.255 e. The Morgan fingerprint density at radius 3 is 2.54 bits per heavy atom. The first kappa shape index (κ1) is 16.9. The van der Waals surface area contributed by atoms with Crippen LogP contribution in [-0.4, -0.2) is 52.8 Å². The van der Waals surface area contributed by atoms with Gasteiger partial charge in [-0.05, 0) is 50.2 Å². The van der Waals surface area contributed by atoms with Crippen LogP contribution >= 0.6 is 0 Å². The molecule has 0 saturated carbocycles. The number of carbonyl (C=O) groups excluding carboxylic acids is 2. The molecule has 0 aliphatic carbocycles. The van der Waals surface area contributed by atoms with E-state index in [0.717, 1.165) is 57.6 Å². The fraction of sp³-hybridized carbons (Fsp3) is 0.632. The zero-order valence-electron chi connectivity index (χ0n) is 14.8. The molecule has 2 aliphatic heterocycles. The van der Waals surface area contributed by atoms with Crippen molar-refractivity contribution in [2.75, 3.05) is 26.2 Å². The van der Waals surface area contributed by atoms with Crippen molar-refractivity contribution in [2.24, 2.45) is 5.41 Å². The quantitative estimate of drug-likeness (QED) is 0.856. The molecule has 3 heterocycles. The summed E-state index contributed by atoms with van der Waals surface area (Å²) >= 11 is 0. The summed E-state index contributed by atoms with van der Waals surface area (Å²) in [5.41, 5.74) is 1.90. The molecule has 0 unspecified atom stereocenters. The minimum Gasteiger partial charge on any atom is -0.342 e. The van der Waals surface area contributed by atoms with E-state index in [9.17, 15) is 9.59 Å². The number of pyridine rings is 1. The molecular formula is C19H27N3O2. The van der Waals surface area contributed by atoms with Crippen molar-refractivity contribution >= 4 is 11.8 Å². The number of likely N-dealkylation sites (tertiary alicyclic amines) is 2. The molecule has 0 bridgehead atoms. The molecule has 2 amide bonds. The molecule has 2 fully saturated rings. The Morgan fingerprint density at radius 1 is 1.21 bits per heavy atom. The average molecular weight is 329 g/mol. The predicted molar refractivity (Wildman–Crippen MR) is 92.7 cm³/mol. The highest BCUT2D eigenvalue weighted by Crippen LogP contribution is 2.40. The summed E-state index contributed by atoms with van der Waals surface area (Å²) in [6, 6.07) is 3.82. The number of piperidine rings is 2. The fourth-order valence-electron chi connectivity index (χ4n) is 3.93. The molecule has 24 heavy (non-hydrogen) atoms. The minimum atomic E-state index is 0.0826. The number of amides is 2. The van der Waals surface area contributed by atoms with Crippen molar-refractivity contribution in [3.63, 3.8) is 0 Å². The van der Waals surface area contributed by atoms with Gasteiger partial charge in [0.25, 0.3) is 5.91 Å². The monoisotopic (exact) mass is 329 g/mol. The zero-order valence-corrected chi connectivity index (χ0v) is 14.8. The second-order valence-electron chi connectivity index (χ2n) is 7.09. The van der Waals surface area contributed by atoms with Gasteiger partial charge in [-0.3, -0.25) is 14.6 Å². The molecule has 3 rings (SSSR count). The lowest BCUT2D eigenvalue weighted by Crippen LogP contribution is -2.52. The summed E-state index contributed by atoms with van der Waals surface area (Å²) in [5, 5.41) is 0. The van der Waals surface area contributed by atoms with Crippen LogP contribution in [0.3, 0.4) is 0 Å². The van der Waals surface area contributed by atoms with Crippen molar-refractivity contribution in [1.29, 1.82) is 0 Å². The van der Waals surface area contributed by atoms with Gasteiger partial charge in [0.05, 0.1) is 5.56 Å². The molecular weight excluding hydrogens is 302 g/mol. The summed E-state index contributed by atoms with van der Waals surface area (Å²) in [4.78, 5) is 32.8. The number of nitrogens with zero attached hydrogens (tertiary/aromatic N) is 3. The normalized spacial score (nSPS) is 20.5. The molecule has 1 aromatic heterocycles. The molecule has 2 saturated heterocycles. The maximum atomic E-state index is 12.7. The van der Waals surface area contributed by atoms with Crippen LogP contribution in [0.4, 0.5) is 0 Å². The number of aromatic nitrogens is 1. The van der Waals surface area contributed by atoms with Gasteiger partial charge in [0.15, 0.2) is 0 Å². The van der Waals surface area contributed by atoms with Crippen LogP contribution in [0.5, 0.6) is 0 Å². The van der Waals surface area contributed by atoms with Gasteiger partial charge in [-0.15, -0.1) is 0 Å². The lowest BCUT2D eigenvalue weighted by atomic mass is 9.72. The minimum absolute atomic E-state index is 0.0826. The molecule has 0 atom stereocenters. The highest BCUT2D eigenvalue weighted by Gasteiger charge is 2.41. The van der Waals surface area contributed by atoms with Gasteiger partial charge in [0.1, 0.15) is 0 Å². The van der Waals surface area contributed by atoms with E-state index in [0.29, 0.717) is 12.0 Å². The van der Waals surface area contributed by atoms with Gasteiger partial charge in [-0.1, -0.05) is 6.92 Å². The molecule has 0 N–H and O–H groups in total. The first-order chi connectivity index (χ1) is 11.6. The van der Waals surface area contributed by atoms with E-state index in [-0.39, 0.29) is 17.2 Å². The number of hydrogen-bond acceptors (Lipinski definition) is 3. The zero-order chi connectivity index (χ0) is 17.2. The van der Waals surface area contributed by atoms with E-state index in [4.69, 9.17) is 0 Å². The Morgan fingerprint density at radius 2 is 1.96 bits per heavy atom. The number of carbonyl (C=O) groups is 2. The van der Waals surface area contributed by atoms with Gasteiger partial charge in [0.2, 0.25) is 5.91 Å². The van der Waals surface area contributed by atoms with Crippen LogP contribution in [0.25, 0.3) is 0 Å². The van der Waals surface area contributed by atoms with Crippen LogP contribution < -0.4 is 0 Å². The van der Waals surface area contributed by atoms with E-state index >= 15 is 0 Å². The van der Waals surface area contributed by atoms with Gasteiger partial charge < -0.3 is 9.80 Å². The molecule has 1 spiro atoms. The van der Waals surface area contributed by atoms with E-state index in [1.54, 1.807) is 6.20 Å². The first-order valence-corrected chi connectivity index (χ1v) is 9.09. The molecule has 5 nitrogen and oxygen atoms in total. The molecule has 0 aromatic carbocycles.